The molecule has 0 bridgehead atoms. The predicted octanol–water partition coefficient (Wildman–Crippen LogP) is 4.46. The summed E-state index contributed by atoms with van der Waals surface area (Å²) >= 11 is 11.7. The minimum atomic E-state index is -0.153. The molecule has 0 saturated heterocycles. The molecule has 2 aromatic carbocycles. The van der Waals surface area contributed by atoms with Crippen molar-refractivity contribution in [3.63, 3.8) is 0 Å². The summed E-state index contributed by atoms with van der Waals surface area (Å²) in [5, 5.41) is 7.29. The molecule has 1 fully saturated rings. The maximum Gasteiger partial charge on any atom is 0.251 e. The lowest BCUT2D eigenvalue weighted by atomic mass is 9.89. The predicted molar refractivity (Wildman–Crippen MR) is 104 cm³/mol. The van der Waals surface area contributed by atoms with Crippen LogP contribution in [0.25, 0.3) is 0 Å². The van der Waals surface area contributed by atoms with Gasteiger partial charge in [0.1, 0.15) is 0 Å². The van der Waals surface area contributed by atoms with Crippen molar-refractivity contribution in [2.24, 2.45) is 0 Å². The molecule has 1 saturated carbocycles. The third-order valence-corrected chi connectivity index (χ3v) is 5.12. The number of rotatable bonds is 4. The van der Waals surface area contributed by atoms with E-state index >= 15 is 0 Å². The molecule has 2 amide bonds. The highest BCUT2D eigenvalue weighted by Crippen LogP contribution is 2.20. The number of carbonyl (C=O) groups excluding carboxylic acids is 2. The van der Waals surface area contributed by atoms with Gasteiger partial charge in [0.15, 0.2) is 0 Å². The van der Waals surface area contributed by atoms with E-state index in [1.54, 1.807) is 48.5 Å². The molecule has 0 aromatic heterocycles. The van der Waals surface area contributed by atoms with Crippen molar-refractivity contribution in [3.8, 4) is 0 Å². The summed E-state index contributed by atoms with van der Waals surface area (Å²) in [6.07, 6.45) is 3.73. The second-order valence-corrected chi connectivity index (χ2v) is 7.33. The number of amides is 2. The zero-order valence-electron chi connectivity index (χ0n) is 14.2. The molecule has 1 aliphatic carbocycles. The second-order valence-electron chi connectivity index (χ2n) is 6.46. The first kappa shape index (κ1) is 18.7. The lowest BCUT2D eigenvalue weighted by Crippen LogP contribution is -2.53. The van der Waals surface area contributed by atoms with E-state index in [2.05, 4.69) is 10.6 Å². The van der Waals surface area contributed by atoms with Gasteiger partial charge in [-0.15, -0.1) is 0 Å². The smallest absolute Gasteiger partial charge is 0.251 e. The molecule has 1 aliphatic rings. The number of nitrogens with one attached hydrogen (secondary N) is 2. The lowest BCUT2D eigenvalue weighted by Gasteiger charge is -2.33. The van der Waals surface area contributed by atoms with Crippen LogP contribution in [0, 0.1) is 0 Å². The highest BCUT2D eigenvalue weighted by atomic mass is 35.5. The van der Waals surface area contributed by atoms with Gasteiger partial charge in [0.25, 0.3) is 11.8 Å². The zero-order chi connectivity index (χ0) is 18.5. The maximum atomic E-state index is 12.5. The summed E-state index contributed by atoms with van der Waals surface area (Å²) in [7, 11) is 0. The molecule has 136 valence electrons. The van der Waals surface area contributed by atoms with Crippen molar-refractivity contribution in [3.05, 3.63) is 69.7 Å². The van der Waals surface area contributed by atoms with E-state index in [1.807, 2.05) is 0 Å². The lowest BCUT2D eigenvalue weighted by molar-refractivity contribution is 0.0863. The highest BCUT2D eigenvalue weighted by molar-refractivity contribution is 6.31. The fourth-order valence-corrected chi connectivity index (χ4v) is 3.43. The molecule has 6 heteroatoms. The molecule has 2 atom stereocenters. The summed E-state index contributed by atoms with van der Waals surface area (Å²) in [6, 6.07) is 13.4. The fourth-order valence-electron chi connectivity index (χ4n) is 3.18. The summed E-state index contributed by atoms with van der Waals surface area (Å²) in [5.74, 6) is -0.307. The molecule has 0 heterocycles. The van der Waals surface area contributed by atoms with Crippen molar-refractivity contribution >= 4 is 35.0 Å². The zero-order valence-corrected chi connectivity index (χ0v) is 15.7. The van der Waals surface area contributed by atoms with Crippen LogP contribution in [0.2, 0.25) is 10.0 Å². The van der Waals surface area contributed by atoms with Gasteiger partial charge in [-0.1, -0.05) is 36.0 Å². The minimum Gasteiger partial charge on any atom is -0.347 e. The normalized spacial score (nSPS) is 19.6. The van der Waals surface area contributed by atoms with Crippen LogP contribution in [-0.4, -0.2) is 23.9 Å². The van der Waals surface area contributed by atoms with Crippen LogP contribution < -0.4 is 10.6 Å². The number of halogens is 2. The molecule has 26 heavy (non-hydrogen) atoms. The van der Waals surface area contributed by atoms with E-state index in [9.17, 15) is 9.59 Å². The monoisotopic (exact) mass is 390 g/mol. The van der Waals surface area contributed by atoms with Gasteiger partial charge in [0.05, 0.1) is 0 Å². The Balaban J connectivity index is 1.65. The first-order chi connectivity index (χ1) is 12.5. The van der Waals surface area contributed by atoms with Crippen LogP contribution in [0.4, 0.5) is 0 Å². The average Bonchev–Trinajstić information content (AvgIpc) is 2.64. The van der Waals surface area contributed by atoms with Gasteiger partial charge in [-0.25, -0.2) is 0 Å². The van der Waals surface area contributed by atoms with Gasteiger partial charge < -0.3 is 10.6 Å². The van der Waals surface area contributed by atoms with E-state index in [1.165, 1.54) is 0 Å². The van der Waals surface area contributed by atoms with E-state index in [4.69, 9.17) is 23.2 Å². The third kappa shape index (κ3) is 4.77. The molecule has 4 nitrogen and oxygen atoms in total. The van der Waals surface area contributed by atoms with E-state index in [0.29, 0.717) is 21.2 Å². The largest absolute Gasteiger partial charge is 0.347 e. The van der Waals surface area contributed by atoms with E-state index in [0.717, 1.165) is 25.7 Å². The molecule has 2 N–H and O–H groups in total. The van der Waals surface area contributed by atoms with Crippen LogP contribution in [0.3, 0.4) is 0 Å². The van der Waals surface area contributed by atoms with Crippen molar-refractivity contribution in [1.29, 1.82) is 0 Å². The third-order valence-electron chi connectivity index (χ3n) is 4.61. The van der Waals surface area contributed by atoms with Gasteiger partial charge in [-0.2, -0.15) is 0 Å². The molecule has 0 aliphatic heterocycles. The quantitative estimate of drug-likeness (QED) is 0.808. The Morgan fingerprint density at radius 3 is 1.38 bits per heavy atom. The fraction of sp³-hybridized carbons (Fsp3) is 0.300. The molecular weight excluding hydrogens is 371 g/mol. The summed E-state index contributed by atoms with van der Waals surface area (Å²) < 4.78 is 0. The van der Waals surface area contributed by atoms with E-state index in [-0.39, 0.29) is 23.9 Å². The Morgan fingerprint density at radius 2 is 1.04 bits per heavy atom. The summed E-state index contributed by atoms with van der Waals surface area (Å²) in [4.78, 5) is 25.0. The highest BCUT2D eigenvalue weighted by Gasteiger charge is 2.28. The van der Waals surface area contributed by atoms with Gasteiger partial charge >= 0.3 is 0 Å². The molecule has 0 radical (unpaired) electrons. The molecule has 3 rings (SSSR count). The van der Waals surface area contributed by atoms with Gasteiger partial charge in [-0.05, 0) is 61.4 Å². The van der Waals surface area contributed by atoms with E-state index < -0.39 is 0 Å². The van der Waals surface area contributed by atoms with Crippen LogP contribution in [0.5, 0.6) is 0 Å². The number of hydrogen-bond donors (Lipinski definition) is 2. The first-order valence-corrected chi connectivity index (χ1v) is 9.41. The Morgan fingerprint density at radius 1 is 0.692 bits per heavy atom. The average molecular weight is 391 g/mol. The van der Waals surface area contributed by atoms with Crippen molar-refractivity contribution < 1.29 is 9.59 Å². The van der Waals surface area contributed by atoms with Crippen LogP contribution >= 0.6 is 23.2 Å². The van der Waals surface area contributed by atoms with Crippen LogP contribution in [0.1, 0.15) is 46.4 Å². The summed E-state index contributed by atoms with van der Waals surface area (Å²) in [5.41, 5.74) is 1.12. The minimum absolute atomic E-state index is 0.0943. The van der Waals surface area contributed by atoms with Crippen molar-refractivity contribution in [2.45, 2.75) is 37.8 Å². The Hall–Kier alpha value is -2.04. The Labute approximate surface area is 162 Å². The molecule has 2 unspecified atom stereocenters. The van der Waals surface area contributed by atoms with Gasteiger partial charge in [-0.3, -0.25) is 9.59 Å². The molecule has 2 aromatic rings. The SMILES string of the molecule is O=C(NC1CCCCC1NC(=O)c1ccc(Cl)cc1)c1ccc(Cl)cc1. The summed E-state index contributed by atoms with van der Waals surface area (Å²) in [6.45, 7) is 0. The Kier molecular flexibility index (Phi) is 6.17. The topological polar surface area (TPSA) is 58.2 Å². The van der Waals surface area contributed by atoms with Gasteiger partial charge in [0, 0.05) is 33.3 Å². The molecule has 0 spiro atoms. The van der Waals surface area contributed by atoms with Crippen LogP contribution in [-0.2, 0) is 0 Å². The number of benzene rings is 2. The van der Waals surface area contributed by atoms with Crippen molar-refractivity contribution in [1.82, 2.24) is 10.6 Å². The van der Waals surface area contributed by atoms with Gasteiger partial charge in [0.2, 0.25) is 0 Å². The second kappa shape index (κ2) is 8.56. The number of hydrogen-bond acceptors (Lipinski definition) is 2. The van der Waals surface area contributed by atoms with Crippen molar-refractivity contribution in [2.75, 3.05) is 0 Å². The Bertz CT molecular complexity index is 708. The first-order valence-electron chi connectivity index (χ1n) is 8.66. The van der Waals surface area contributed by atoms with Crippen LogP contribution in [0.15, 0.2) is 48.5 Å². The number of carbonyl (C=O) groups is 2. The maximum absolute atomic E-state index is 12.5. The standard InChI is InChI=1S/C20H20Cl2N2O2/c21-15-9-5-13(6-10-15)19(25)23-17-3-1-2-4-18(17)24-20(26)14-7-11-16(22)12-8-14/h5-12,17-18H,1-4H2,(H,23,25)(H,24,26). The molecular formula is C20H20Cl2N2O2.